The van der Waals surface area contributed by atoms with Crippen molar-refractivity contribution in [2.45, 2.75) is 44.7 Å². The molecule has 0 unspecified atom stereocenters. The number of aryl methyl sites for hydroxylation is 1. The number of piperidine rings is 1. The average molecular weight is 494 g/mol. The summed E-state index contributed by atoms with van der Waals surface area (Å²) in [6.07, 6.45) is 4.96. The van der Waals surface area contributed by atoms with Gasteiger partial charge in [0.15, 0.2) is 0 Å². The first-order chi connectivity index (χ1) is 18.1. The van der Waals surface area contributed by atoms with Gasteiger partial charge in [-0.05, 0) is 74.5 Å². The maximum Gasteiger partial charge on any atom is 0.123 e. The molecule has 3 aromatic carbocycles. The van der Waals surface area contributed by atoms with Gasteiger partial charge in [-0.2, -0.15) is 5.10 Å². The number of likely N-dealkylation sites (tertiary alicyclic amines) is 1. The predicted molar refractivity (Wildman–Crippen MR) is 146 cm³/mol. The lowest BCUT2D eigenvalue weighted by molar-refractivity contribution is 0.200. The Hall–Kier alpha value is -3.51. The van der Waals surface area contributed by atoms with E-state index in [4.69, 9.17) is 10.1 Å². The molecule has 0 atom stereocenters. The van der Waals surface area contributed by atoms with Gasteiger partial charge >= 0.3 is 0 Å². The van der Waals surface area contributed by atoms with E-state index in [1.165, 1.54) is 35.8 Å². The van der Waals surface area contributed by atoms with Crippen molar-refractivity contribution in [3.63, 3.8) is 0 Å². The van der Waals surface area contributed by atoms with Crippen LogP contribution in [0.2, 0.25) is 0 Å². The van der Waals surface area contributed by atoms with Gasteiger partial charge in [0.1, 0.15) is 17.3 Å². The molecule has 6 heteroatoms. The standard InChI is InChI=1S/C31H32FN5/c1-35-30-24(7-5-9-26(30)29(34-35)23-6-4-8-25(32)18-23)20-36-16-14-22(15-17-36)31-33-27-10-2-3-11-28(27)37(31)19-21-12-13-21/h2-11,18,21-22H,12-17,19-20H2,1H3. The lowest BCUT2D eigenvalue weighted by atomic mass is 9.95. The molecule has 188 valence electrons. The normalized spacial score (nSPS) is 17.2. The van der Waals surface area contributed by atoms with E-state index >= 15 is 0 Å². The Labute approximate surface area is 216 Å². The molecule has 7 rings (SSSR count). The molecule has 1 aliphatic heterocycles. The number of imidazole rings is 1. The Balaban J connectivity index is 1.12. The minimum atomic E-state index is -0.235. The molecule has 2 aromatic heterocycles. The zero-order valence-corrected chi connectivity index (χ0v) is 21.3. The molecule has 37 heavy (non-hydrogen) atoms. The van der Waals surface area contributed by atoms with Crippen LogP contribution in [0.15, 0.2) is 66.7 Å². The number of benzene rings is 3. The Morgan fingerprint density at radius 1 is 0.919 bits per heavy atom. The fourth-order valence-corrected chi connectivity index (χ4v) is 6.14. The molecule has 1 aliphatic carbocycles. The molecule has 0 radical (unpaired) electrons. The van der Waals surface area contributed by atoms with Crippen molar-refractivity contribution in [3.8, 4) is 11.3 Å². The van der Waals surface area contributed by atoms with Crippen LogP contribution in [0, 0.1) is 11.7 Å². The lowest BCUT2D eigenvalue weighted by Gasteiger charge is -2.32. The minimum absolute atomic E-state index is 0.235. The molecule has 2 fully saturated rings. The minimum Gasteiger partial charge on any atom is -0.327 e. The van der Waals surface area contributed by atoms with Crippen LogP contribution in [0.25, 0.3) is 33.2 Å². The number of fused-ring (bicyclic) bond motifs is 2. The van der Waals surface area contributed by atoms with Crippen molar-refractivity contribution >= 4 is 21.9 Å². The van der Waals surface area contributed by atoms with Crippen molar-refractivity contribution in [1.29, 1.82) is 0 Å². The van der Waals surface area contributed by atoms with Crippen LogP contribution in [0.1, 0.15) is 43.0 Å². The summed E-state index contributed by atoms with van der Waals surface area (Å²) in [5.41, 5.74) is 6.50. The van der Waals surface area contributed by atoms with Gasteiger partial charge in [0, 0.05) is 37.0 Å². The maximum atomic E-state index is 13.9. The first-order valence-electron chi connectivity index (χ1n) is 13.5. The number of aromatic nitrogens is 4. The maximum absolute atomic E-state index is 13.9. The third-order valence-electron chi connectivity index (χ3n) is 8.21. The quantitative estimate of drug-likeness (QED) is 0.270. The molecular formula is C31H32FN5. The van der Waals surface area contributed by atoms with Crippen molar-refractivity contribution in [2.24, 2.45) is 13.0 Å². The fraction of sp³-hybridized carbons (Fsp3) is 0.355. The average Bonchev–Trinajstić information content (AvgIpc) is 3.57. The highest BCUT2D eigenvalue weighted by molar-refractivity contribution is 5.95. The van der Waals surface area contributed by atoms with E-state index in [2.05, 4.69) is 51.9 Å². The van der Waals surface area contributed by atoms with Crippen LogP contribution in [0.5, 0.6) is 0 Å². The predicted octanol–water partition coefficient (Wildman–Crippen LogP) is 6.52. The Bertz CT molecular complexity index is 1590. The molecule has 0 N–H and O–H groups in total. The third kappa shape index (κ3) is 4.23. The molecule has 2 aliphatic rings. The number of para-hydroxylation sites is 3. The van der Waals surface area contributed by atoms with Gasteiger partial charge in [-0.15, -0.1) is 0 Å². The molecule has 5 nitrogen and oxygen atoms in total. The van der Waals surface area contributed by atoms with E-state index in [1.807, 2.05) is 17.8 Å². The largest absolute Gasteiger partial charge is 0.327 e. The molecule has 0 spiro atoms. The first kappa shape index (κ1) is 22.7. The van der Waals surface area contributed by atoms with E-state index < -0.39 is 0 Å². The molecule has 0 amide bonds. The van der Waals surface area contributed by atoms with Gasteiger partial charge in [-0.3, -0.25) is 9.58 Å². The van der Waals surface area contributed by atoms with Crippen molar-refractivity contribution in [3.05, 3.63) is 83.9 Å². The highest BCUT2D eigenvalue weighted by atomic mass is 19.1. The van der Waals surface area contributed by atoms with E-state index in [1.54, 1.807) is 12.1 Å². The zero-order valence-electron chi connectivity index (χ0n) is 21.3. The van der Waals surface area contributed by atoms with Gasteiger partial charge in [-0.25, -0.2) is 9.37 Å². The topological polar surface area (TPSA) is 38.9 Å². The summed E-state index contributed by atoms with van der Waals surface area (Å²) in [6.45, 7) is 4.13. The highest BCUT2D eigenvalue weighted by Gasteiger charge is 2.29. The molecule has 0 bridgehead atoms. The van der Waals surface area contributed by atoms with Gasteiger partial charge in [-0.1, -0.05) is 42.5 Å². The van der Waals surface area contributed by atoms with E-state index in [9.17, 15) is 4.39 Å². The van der Waals surface area contributed by atoms with Gasteiger partial charge < -0.3 is 4.57 Å². The van der Waals surface area contributed by atoms with E-state index in [-0.39, 0.29) is 5.82 Å². The molecular weight excluding hydrogens is 461 g/mol. The third-order valence-corrected chi connectivity index (χ3v) is 8.21. The Morgan fingerprint density at radius 3 is 2.54 bits per heavy atom. The monoisotopic (exact) mass is 493 g/mol. The number of halogens is 1. The summed E-state index contributed by atoms with van der Waals surface area (Å²) in [6, 6.07) is 21.8. The fourth-order valence-electron chi connectivity index (χ4n) is 6.14. The van der Waals surface area contributed by atoms with Crippen LogP contribution in [0.4, 0.5) is 4.39 Å². The molecule has 3 heterocycles. The van der Waals surface area contributed by atoms with E-state index in [0.29, 0.717) is 5.92 Å². The van der Waals surface area contributed by atoms with Crippen LogP contribution < -0.4 is 0 Å². The number of rotatable bonds is 6. The number of hydrogen-bond donors (Lipinski definition) is 0. The number of hydrogen-bond acceptors (Lipinski definition) is 3. The summed E-state index contributed by atoms with van der Waals surface area (Å²) in [4.78, 5) is 7.69. The van der Waals surface area contributed by atoms with Gasteiger partial charge in [0.05, 0.1) is 16.6 Å². The second-order valence-electron chi connectivity index (χ2n) is 10.9. The SMILES string of the molecule is Cn1nc(-c2cccc(F)c2)c2cccc(CN3CCC(c4nc5ccccc5n4CC4CC4)CC3)c21. The summed E-state index contributed by atoms with van der Waals surface area (Å²) >= 11 is 0. The van der Waals surface area contributed by atoms with Gasteiger partial charge in [0.2, 0.25) is 0 Å². The summed E-state index contributed by atoms with van der Waals surface area (Å²) in [7, 11) is 1.99. The van der Waals surface area contributed by atoms with Gasteiger partial charge in [0.25, 0.3) is 0 Å². The first-order valence-corrected chi connectivity index (χ1v) is 13.5. The second kappa shape index (κ2) is 9.10. The molecule has 5 aromatic rings. The molecule has 1 saturated carbocycles. The van der Waals surface area contributed by atoms with Crippen molar-refractivity contribution in [2.75, 3.05) is 13.1 Å². The van der Waals surface area contributed by atoms with E-state index in [0.717, 1.165) is 72.6 Å². The summed E-state index contributed by atoms with van der Waals surface area (Å²) in [5, 5.41) is 5.86. The molecule has 1 saturated heterocycles. The Morgan fingerprint density at radius 2 is 1.73 bits per heavy atom. The highest BCUT2D eigenvalue weighted by Crippen LogP contribution is 2.37. The van der Waals surface area contributed by atoms with Crippen molar-refractivity contribution < 1.29 is 4.39 Å². The summed E-state index contributed by atoms with van der Waals surface area (Å²) in [5.74, 6) is 2.39. The smallest absolute Gasteiger partial charge is 0.123 e. The summed E-state index contributed by atoms with van der Waals surface area (Å²) < 4.78 is 18.4. The second-order valence-corrected chi connectivity index (χ2v) is 10.9. The zero-order chi connectivity index (χ0) is 24.9. The Kier molecular flexibility index (Phi) is 5.58. The number of nitrogens with zero attached hydrogens (tertiary/aromatic N) is 5. The van der Waals surface area contributed by atoms with Crippen LogP contribution >= 0.6 is 0 Å². The van der Waals surface area contributed by atoms with Crippen molar-refractivity contribution in [1.82, 2.24) is 24.2 Å². The van der Waals surface area contributed by atoms with Crippen LogP contribution in [0.3, 0.4) is 0 Å². The van der Waals surface area contributed by atoms with Crippen LogP contribution in [-0.2, 0) is 20.1 Å². The lowest BCUT2D eigenvalue weighted by Crippen LogP contribution is -2.33. The van der Waals surface area contributed by atoms with Crippen LogP contribution in [-0.4, -0.2) is 37.3 Å².